The molecule has 1 aromatic heterocycles. The van der Waals surface area contributed by atoms with Gasteiger partial charge in [-0.05, 0) is 32.0 Å². The summed E-state index contributed by atoms with van der Waals surface area (Å²) in [6.45, 7) is 12.2. The predicted octanol–water partition coefficient (Wildman–Crippen LogP) is 5.28. The molecule has 23 heavy (non-hydrogen) atoms. The van der Waals surface area contributed by atoms with Crippen molar-refractivity contribution in [2.75, 3.05) is 0 Å². The summed E-state index contributed by atoms with van der Waals surface area (Å²) >= 11 is 0. The van der Waals surface area contributed by atoms with Crippen LogP contribution in [0.25, 0.3) is 28.7 Å². The SMILES string of the molecule is C/C=c1\c(=C/C)n(-c2ccccc2)c2ccccc12.CC.CC. The third kappa shape index (κ3) is 3.73. The van der Waals surface area contributed by atoms with Gasteiger partial charge in [0.05, 0.1) is 5.52 Å². The predicted molar refractivity (Wildman–Crippen MR) is 105 cm³/mol. The Bertz CT molecular complexity index is 824. The van der Waals surface area contributed by atoms with Gasteiger partial charge in [-0.25, -0.2) is 0 Å². The molecule has 0 spiro atoms. The maximum atomic E-state index is 2.32. The van der Waals surface area contributed by atoms with E-state index in [1.54, 1.807) is 0 Å². The first-order valence-corrected chi connectivity index (χ1v) is 8.64. The lowest BCUT2D eigenvalue weighted by Crippen LogP contribution is -2.27. The minimum Gasteiger partial charge on any atom is -0.310 e. The molecule has 0 amide bonds. The summed E-state index contributed by atoms with van der Waals surface area (Å²) in [5, 5.41) is 3.87. The van der Waals surface area contributed by atoms with Crippen molar-refractivity contribution in [1.82, 2.24) is 4.57 Å². The minimum absolute atomic E-state index is 1.21. The fraction of sp³-hybridized carbons (Fsp3) is 0.273. The van der Waals surface area contributed by atoms with E-state index in [4.69, 9.17) is 0 Å². The van der Waals surface area contributed by atoms with Gasteiger partial charge in [0.25, 0.3) is 0 Å². The third-order valence-electron chi connectivity index (χ3n) is 3.53. The highest BCUT2D eigenvalue weighted by Gasteiger charge is 2.07. The van der Waals surface area contributed by atoms with Crippen molar-refractivity contribution in [3.63, 3.8) is 0 Å². The molecular weight excluding hydrogens is 278 g/mol. The Labute approximate surface area is 140 Å². The molecule has 0 unspecified atom stereocenters. The molecule has 0 radical (unpaired) electrons. The molecule has 1 heteroatoms. The molecule has 0 bridgehead atoms. The van der Waals surface area contributed by atoms with Gasteiger partial charge in [0.1, 0.15) is 0 Å². The van der Waals surface area contributed by atoms with Gasteiger partial charge in [0.2, 0.25) is 0 Å². The number of para-hydroxylation sites is 2. The molecule has 0 aliphatic rings. The van der Waals surface area contributed by atoms with E-state index in [2.05, 4.69) is 85.2 Å². The Kier molecular flexibility index (Phi) is 7.90. The first kappa shape index (κ1) is 18.8. The lowest BCUT2D eigenvalue weighted by molar-refractivity contribution is 1.07. The molecule has 0 N–H and O–H groups in total. The zero-order valence-corrected chi connectivity index (χ0v) is 15.3. The van der Waals surface area contributed by atoms with Gasteiger partial charge in [-0.15, -0.1) is 0 Å². The molecule has 0 aliphatic carbocycles. The van der Waals surface area contributed by atoms with Crippen LogP contribution in [-0.2, 0) is 0 Å². The molecule has 3 rings (SSSR count). The van der Waals surface area contributed by atoms with Gasteiger partial charge in [-0.3, -0.25) is 0 Å². The topological polar surface area (TPSA) is 4.93 Å². The van der Waals surface area contributed by atoms with Crippen LogP contribution in [0.2, 0.25) is 0 Å². The summed E-state index contributed by atoms with van der Waals surface area (Å²) in [5.41, 5.74) is 2.47. The number of rotatable bonds is 1. The maximum absolute atomic E-state index is 2.32. The second-order valence-corrected chi connectivity index (χ2v) is 4.56. The zero-order valence-electron chi connectivity index (χ0n) is 15.3. The number of nitrogens with zero attached hydrogens (tertiary/aromatic N) is 1. The average molecular weight is 307 g/mol. The summed E-state index contributed by atoms with van der Waals surface area (Å²) < 4.78 is 2.32. The van der Waals surface area contributed by atoms with E-state index in [0.717, 1.165) is 0 Å². The quantitative estimate of drug-likeness (QED) is 0.576. The molecule has 0 saturated heterocycles. The van der Waals surface area contributed by atoms with Crippen molar-refractivity contribution in [2.24, 2.45) is 0 Å². The molecule has 0 atom stereocenters. The lowest BCUT2D eigenvalue weighted by Gasteiger charge is -2.05. The van der Waals surface area contributed by atoms with E-state index in [-0.39, 0.29) is 0 Å². The van der Waals surface area contributed by atoms with E-state index in [1.165, 1.54) is 27.2 Å². The van der Waals surface area contributed by atoms with Gasteiger partial charge in [0, 0.05) is 21.6 Å². The van der Waals surface area contributed by atoms with Gasteiger partial charge >= 0.3 is 0 Å². The lowest BCUT2D eigenvalue weighted by atomic mass is 10.2. The van der Waals surface area contributed by atoms with Crippen molar-refractivity contribution in [3.05, 3.63) is 65.2 Å². The smallest absolute Gasteiger partial charge is 0.0540 e. The van der Waals surface area contributed by atoms with Crippen molar-refractivity contribution in [2.45, 2.75) is 41.5 Å². The average Bonchev–Trinajstić information content (AvgIpc) is 2.99. The Morgan fingerprint density at radius 3 is 1.83 bits per heavy atom. The van der Waals surface area contributed by atoms with Crippen molar-refractivity contribution in [1.29, 1.82) is 0 Å². The standard InChI is InChI=1S/C18H17N.2C2H6/c1-3-15-16-12-8-9-13-18(16)19(17(15)4-2)14-10-6-5-7-11-14;2*1-2/h3-13H,1-2H3;2*1-2H3/b15-3-,17-4+;;. The van der Waals surface area contributed by atoms with Crippen LogP contribution in [0.15, 0.2) is 54.6 Å². The maximum Gasteiger partial charge on any atom is 0.0540 e. The van der Waals surface area contributed by atoms with Gasteiger partial charge in [-0.2, -0.15) is 0 Å². The van der Waals surface area contributed by atoms with Crippen LogP contribution < -0.4 is 10.6 Å². The molecule has 2 aromatic carbocycles. The highest BCUT2D eigenvalue weighted by Crippen LogP contribution is 2.14. The molecular formula is C22H29N. The summed E-state index contributed by atoms with van der Waals surface area (Å²) in [6.07, 6.45) is 4.37. The Hall–Kier alpha value is -2.28. The highest BCUT2D eigenvalue weighted by atomic mass is 15.0. The van der Waals surface area contributed by atoms with E-state index in [1.807, 2.05) is 27.7 Å². The van der Waals surface area contributed by atoms with Crippen molar-refractivity contribution < 1.29 is 0 Å². The summed E-state index contributed by atoms with van der Waals surface area (Å²) in [7, 11) is 0. The summed E-state index contributed by atoms with van der Waals surface area (Å²) in [6, 6.07) is 19.1. The number of benzene rings is 2. The Balaban J connectivity index is 0.000000615. The number of hydrogen-bond donors (Lipinski definition) is 0. The molecule has 0 aliphatic heterocycles. The van der Waals surface area contributed by atoms with Crippen LogP contribution in [0.5, 0.6) is 0 Å². The van der Waals surface area contributed by atoms with Gasteiger partial charge < -0.3 is 4.57 Å². The van der Waals surface area contributed by atoms with Crippen LogP contribution in [0.1, 0.15) is 41.5 Å². The van der Waals surface area contributed by atoms with Crippen LogP contribution >= 0.6 is 0 Å². The second-order valence-electron chi connectivity index (χ2n) is 4.56. The molecule has 0 saturated carbocycles. The highest BCUT2D eigenvalue weighted by molar-refractivity contribution is 5.83. The summed E-state index contributed by atoms with van der Waals surface area (Å²) in [4.78, 5) is 0. The van der Waals surface area contributed by atoms with Crippen molar-refractivity contribution in [3.8, 4) is 5.69 Å². The van der Waals surface area contributed by atoms with Crippen LogP contribution in [0, 0.1) is 0 Å². The van der Waals surface area contributed by atoms with E-state index >= 15 is 0 Å². The van der Waals surface area contributed by atoms with Crippen LogP contribution in [0.4, 0.5) is 0 Å². The number of hydrogen-bond acceptors (Lipinski definition) is 0. The summed E-state index contributed by atoms with van der Waals surface area (Å²) in [5.74, 6) is 0. The molecule has 0 fully saturated rings. The van der Waals surface area contributed by atoms with E-state index in [9.17, 15) is 0 Å². The third-order valence-corrected chi connectivity index (χ3v) is 3.53. The van der Waals surface area contributed by atoms with Crippen molar-refractivity contribution >= 4 is 23.1 Å². The molecule has 3 aromatic rings. The normalized spacial score (nSPS) is 11.6. The van der Waals surface area contributed by atoms with Crippen LogP contribution in [-0.4, -0.2) is 4.57 Å². The number of aromatic nitrogens is 1. The molecule has 1 nitrogen and oxygen atoms in total. The zero-order chi connectivity index (χ0) is 17.2. The molecule has 122 valence electrons. The minimum atomic E-state index is 1.21. The van der Waals surface area contributed by atoms with E-state index < -0.39 is 0 Å². The number of fused-ring (bicyclic) bond motifs is 1. The Morgan fingerprint density at radius 2 is 1.26 bits per heavy atom. The fourth-order valence-electron chi connectivity index (χ4n) is 2.73. The second kappa shape index (κ2) is 9.68. The van der Waals surface area contributed by atoms with E-state index in [0.29, 0.717) is 0 Å². The van der Waals surface area contributed by atoms with Gasteiger partial charge in [0.15, 0.2) is 0 Å². The monoisotopic (exact) mass is 307 g/mol. The fourth-order valence-corrected chi connectivity index (χ4v) is 2.73. The van der Waals surface area contributed by atoms with Crippen LogP contribution in [0.3, 0.4) is 0 Å². The first-order valence-electron chi connectivity index (χ1n) is 8.64. The molecule has 1 heterocycles. The Morgan fingerprint density at radius 1 is 0.696 bits per heavy atom. The van der Waals surface area contributed by atoms with Gasteiger partial charge in [-0.1, -0.05) is 76.2 Å². The largest absolute Gasteiger partial charge is 0.310 e. The first-order chi connectivity index (χ1) is 11.4.